The number of nitriles is 1. The Bertz CT molecular complexity index is 1010. The molecule has 5 heteroatoms. The van der Waals surface area contributed by atoms with Crippen LogP contribution in [0.25, 0.3) is 0 Å². The molecular formula is C24H21N3O2. The van der Waals surface area contributed by atoms with Crippen LogP contribution >= 0.6 is 0 Å². The highest BCUT2D eigenvalue weighted by molar-refractivity contribution is 5.97. The van der Waals surface area contributed by atoms with E-state index in [1.165, 1.54) is 0 Å². The van der Waals surface area contributed by atoms with Crippen molar-refractivity contribution in [2.75, 3.05) is 0 Å². The Kier molecular flexibility index (Phi) is 6.39. The van der Waals surface area contributed by atoms with E-state index >= 15 is 0 Å². The largest absolute Gasteiger partial charge is 0.347 e. The molecule has 0 fully saturated rings. The lowest BCUT2D eigenvalue weighted by molar-refractivity contribution is -0.123. The second kappa shape index (κ2) is 9.34. The molecule has 2 N–H and O–H groups in total. The fraction of sp³-hybridized carbons (Fsp3) is 0.125. The zero-order valence-electron chi connectivity index (χ0n) is 16.0. The van der Waals surface area contributed by atoms with Gasteiger partial charge in [0.2, 0.25) is 5.91 Å². The predicted molar refractivity (Wildman–Crippen MR) is 111 cm³/mol. The van der Waals surface area contributed by atoms with Crippen molar-refractivity contribution < 1.29 is 9.59 Å². The number of hydrogen-bond acceptors (Lipinski definition) is 3. The number of nitrogens with one attached hydrogen (secondary N) is 2. The van der Waals surface area contributed by atoms with Crippen molar-refractivity contribution in [1.29, 1.82) is 5.26 Å². The van der Waals surface area contributed by atoms with Gasteiger partial charge in [-0.2, -0.15) is 5.26 Å². The van der Waals surface area contributed by atoms with Crippen LogP contribution in [0.1, 0.15) is 46.1 Å². The van der Waals surface area contributed by atoms with Crippen LogP contribution < -0.4 is 10.6 Å². The summed E-state index contributed by atoms with van der Waals surface area (Å²) in [6.07, 6.45) is 0. The van der Waals surface area contributed by atoms with E-state index < -0.39 is 6.04 Å². The minimum absolute atomic E-state index is 0.282. The molecule has 0 saturated carbocycles. The molecule has 29 heavy (non-hydrogen) atoms. The molecule has 3 aromatic rings. The normalized spacial score (nSPS) is 12.3. The Morgan fingerprint density at radius 3 is 1.97 bits per heavy atom. The summed E-state index contributed by atoms with van der Waals surface area (Å²) in [5.74, 6) is -0.627. The maximum absolute atomic E-state index is 13.0. The smallest absolute Gasteiger partial charge is 0.252 e. The average Bonchev–Trinajstić information content (AvgIpc) is 2.78. The maximum atomic E-state index is 13.0. The van der Waals surface area contributed by atoms with Crippen molar-refractivity contribution in [2.24, 2.45) is 0 Å². The molecule has 144 valence electrons. The van der Waals surface area contributed by atoms with Gasteiger partial charge in [0.25, 0.3) is 5.91 Å². The molecule has 2 amide bonds. The number of rotatable bonds is 6. The number of carbonyl (C=O) groups excluding carboxylic acids is 2. The van der Waals surface area contributed by atoms with Gasteiger partial charge < -0.3 is 10.6 Å². The van der Waals surface area contributed by atoms with E-state index in [1.807, 2.05) is 55.5 Å². The third-order valence-corrected chi connectivity index (χ3v) is 4.61. The van der Waals surface area contributed by atoms with Gasteiger partial charge in [-0.3, -0.25) is 9.59 Å². The molecule has 0 aliphatic carbocycles. The van der Waals surface area contributed by atoms with E-state index in [0.29, 0.717) is 16.7 Å². The summed E-state index contributed by atoms with van der Waals surface area (Å²) in [6.45, 7) is 1.86. The zero-order chi connectivity index (χ0) is 20.6. The van der Waals surface area contributed by atoms with Crippen LogP contribution in [0.15, 0.2) is 84.9 Å². The van der Waals surface area contributed by atoms with Gasteiger partial charge in [0.1, 0.15) is 6.04 Å². The van der Waals surface area contributed by atoms with E-state index in [9.17, 15) is 9.59 Å². The van der Waals surface area contributed by atoms with Gasteiger partial charge in [0.05, 0.1) is 17.7 Å². The molecule has 3 rings (SSSR count). The van der Waals surface area contributed by atoms with Crippen LogP contribution in [0.3, 0.4) is 0 Å². The fourth-order valence-electron chi connectivity index (χ4n) is 2.98. The molecule has 0 heterocycles. The minimum Gasteiger partial charge on any atom is -0.347 e. The lowest BCUT2D eigenvalue weighted by Crippen LogP contribution is -2.41. The van der Waals surface area contributed by atoms with Crippen molar-refractivity contribution in [3.05, 3.63) is 107 Å². The highest BCUT2D eigenvalue weighted by Crippen LogP contribution is 2.18. The molecule has 0 aromatic heterocycles. The Morgan fingerprint density at radius 1 is 0.793 bits per heavy atom. The van der Waals surface area contributed by atoms with Crippen LogP contribution in [0.4, 0.5) is 0 Å². The van der Waals surface area contributed by atoms with Gasteiger partial charge in [0, 0.05) is 5.56 Å². The van der Waals surface area contributed by atoms with Crippen molar-refractivity contribution in [3.63, 3.8) is 0 Å². The van der Waals surface area contributed by atoms with E-state index in [1.54, 1.807) is 36.4 Å². The van der Waals surface area contributed by atoms with Crippen LogP contribution in [-0.4, -0.2) is 11.8 Å². The monoisotopic (exact) mass is 383 g/mol. The van der Waals surface area contributed by atoms with Crippen molar-refractivity contribution in [1.82, 2.24) is 10.6 Å². The van der Waals surface area contributed by atoms with Gasteiger partial charge in [-0.1, -0.05) is 60.7 Å². The summed E-state index contributed by atoms with van der Waals surface area (Å²) < 4.78 is 0. The summed E-state index contributed by atoms with van der Waals surface area (Å²) in [7, 11) is 0. The van der Waals surface area contributed by atoms with E-state index in [0.717, 1.165) is 5.56 Å². The van der Waals surface area contributed by atoms with Crippen molar-refractivity contribution >= 4 is 11.8 Å². The van der Waals surface area contributed by atoms with Crippen LogP contribution in [0, 0.1) is 11.3 Å². The number of carbonyl (C=O) groups is 2. The molecule has 0 aliphatic rings. The van der Waals surface area contributed by atoms with Gasteiger partial charge in [0.15, 0.2) is 0 Å². The summed E-state index contributed by atoms with van der Waals surface area (Å²) >= 11 is 0. The molecule has 0 spiro atoms. The summed E-state index contributed by atoms with van der Waals surface area (Å²) in [4.78, 5) is 25.7. The molecular weight excluding hydrogens is 362 g/mol. The third-order valence-electron chi connectivity index (χ3n) is 4.61. The van der Waals surface area contributed by atoms with Crippen molar-refractivity contribution in [3.8, 4) is 6.07 Å². The van der Waals surface area contributed by atoms with Crippen LogP contribution in [-0.2, 0) is 4.79 Å². The van der Waals surface area contributed by atoms with Crippen LogP contribution in [0.5, 0.6) is 0 Å². The van der Waals surface area contributed by atoms with Gasteiger partial charge in [-0.15, -0.1) is 0 Å². The predicted octanol–water partition coefficient (Wildman–Crippen LogP) is 3.91. The first-order valence-corrected chi connectivity index (χ1v) is 9.30. The lowest BCUT2D eigenvalue weighted by Gasteiger charge is -2.22. The highest BCUT2D eigenvalue weighted by Gasteiger charge is 2.24. The Labute approximate surface area is 170 Å². The van der Waals surface area contributed by atoms with E-state index in [2.05, 4.69) is 16.7 Å². The number of nitrogens with zero attached hydrogens (tertiary/aromatic N) is 1. The standard InChI is InChI=1S/C24H21N3O2/c1-17(19-14-12-18(16-25)13-15-19)26-24(29)22(20-8-4-2-5-9-20)27-23(28)21-10-6-3-7-11-21/h2-15,17,22H,1H3,(H,26,29)(H,27,28). The molecule has 2 atom stereocenters. The maximum Gasteiger partial charge on any atom is 0.252 e. The SMILES string of the molecule is CC(NC(=O)C(NC(=O)c1ccccc1)c1ccccc1)c1ccc(C#N)cc1. The first-order chi connectivity index (χ1) is 14.1. The molecule has 5 nitrogen and oxygen atoms in total. The number of hydrogen-bond donors (Lipinski definition) is 2. The molecule has 0 saturated heterocycles. The summed E-state index contributed by atoms with van der Waals surface area (Å²) in [5.41, 5.74) is 2.62. The molecule has 2 unspecified atom stereocenters. The highest BCUT2D eigenvalue weighted by atomic mass is 16.2. The van der Waals surface area contributed by atoms with Gasteiger partial charge in [-0.25, -0.2) is 0 Å². The average molecular weight is 383 g/mol. The Balaban J connectivity index is 1.79. The third kappa shape index (κ3) is 5.08. The zero-order valence-corrected chi connectivity index (χ0v) is 16.0. The number of amides is 2. The van der Waals surface area contributed by atoms with Gasteiger partial charge >= 0.3 is 0 Å². The second-order valence-corrected chi connectivity index (χ2v) is 6.65. The van der Waals surface area contributed by atoms with Gasteiger partial charge in [-0.05, 0) is 42.3 Å². The fourth-order valence-corrected chi connectivity index (χ4v) is 2.98. The molecule has 0 radical (unpaired) electrons. The number of benzene rings is 3. The molecule has 0 aliphatic heterocycles. The van der Waals surface area contributed by atoms with Crippen molar-refractivity contribution in [2.45, 2.75) is 19.0 Å². The summed E-state index contributed by atoms with van der Waals surface area (Å²) in [6, 6.07) is 25.9. The summed E-state index contributed by atoms with van der Waals surface area (Å²) in [5, 5.41) is 14.7. The van der Waals surface area contributed by atoms with E-state index in [-0.39, 0.29) is 17.9 Å². The molecule has 0 bridgehead atoms. The Hall–Kier alpha value is -3.91. The quantitative estimate of drug-likeness (QED) is 0.677. The first-order valence-electron chi connectivity index (χ1n) is 9.30. The van der Waals surface area contributed by atoms with Crippen LogP contribution in [0.2, 0.25) is 0 Å². The Morgan fingerprint density at radius 2 is 1.38 bits per heavy atom. The minimum atomic E-state index is -0.829. The second-order valence-electron chi connectivity index (χ2n) is 6.65. The molecule has 3 aromatic carbocycles. The first kappa shape index (κ1) is 19.8. The lowest BCUT2D eigenvalue weighted by atomic mass is 10.0. The van der Waals surface area contributed by atoms with E-state index in [4.69, 9.17) is 5.26 Å². The topological polar surface area (TPSA) is 82.0 Å².